The molecule has 1 N–H and O–H groups in total. The molecule has 0 saturated carbocycles. The number of nitrogens with zero attached hydrogens (tertiary/aromatic N) is 1. The van der Waals surface area contributed by atoms with Crippen LogP contribution in [0.3, 0.4) is 0 Å². The van der Waals surface area contributed by atoms with E-state index in [-0.39, 0.29) is 6.10 Å². The van der Waals surface area contributed by atoms with E-state index in [9.17, 15) is 0 Å². The van der Waals surface area contributed by atoms with Gasteiger partial charge in [0.2, 0.25) is 0 Å². The average Bonchev–Trinajstić information content (AvgIpc) is 3.10. The molecular weight excluding hydrogens is 384 g/mol. The summed E-state index contributed by atoms with van der Waals surface area (Å²) < 4.78 is 6.86. The first-order valence-corrected chi connectivity index (χ1v) is 9.38. The Bertz CT molecular complexity index is 657. The molecule has 1 aliphatic rings. The molecule has 2 aromatic carbocycles. The molecule has 126 valence electrons. The summed E-state index contributed by atoms with van der Waals surface area (Å²) in [6, 6.07) is 18.5. The zero-order chi connectivity index (χ0) is 16.8. The van der Waals surface area contributed by atoms with E-state index in [0.29, 0.717) is 0 Å². The molecule has 1 unspecified atom stereocenters. The molecule has 0 aromatic heterocycles. The van der Waals surface area contributed by atoms with E-state index >= 15 is 0 Å². The van der Waals surface area contributed by atoms with Crippen molar-refractivity contribution in [3.63, 3.8) is 0 Å². The fourth-order valence-electron chi connectivity index (χ4n) is 2.79. The number of hydrogen-bond acceptors (Lipinski definition) is 2. The van der Waals surface area contributed by atoms with Gasteiger partial charge >= 0.3 is 0 Å². The lowest BCUT2D eigenvalue weighted by atomic mass is 10.2. The number of halogens is 1. The van der Waals surface area contributed by atoms with Crippen LogP contribution in [-0.2, 0) is 11.3 Å². The highest BCUT2D eigenvalue weighted by atomic mass is 79.9. The zero-order valence-corrected chi connectivity index (χ0v) is 15.9. The molecule has 0 spiro atoms. The summed E-state index contributed by atoms with van der Waals surface area (Å²) in [4.78, 5) is 2.20. The Labute approximate surface area is 157 Å². The molecular formula is C19H21BrN2OS. The van der Waals surface area contributed by atoms with Crippen LogP contribution in [0.4, 0.5) is 5.69 Å². The van der Waals surface area contributed by atoms with Crippen LogP contribution in [0.5, 0.6) is 0 Å². The van der Waals surface area contributed by atoms with E-state index in [2.05, 4.69) is 50.4 Å². The number of nitrogens with one attached hydrogen (secondary N) is 1. The van der Waals surface area contributed by atoms with E-state index in [1.165, 1.54) is 5.56 Å². The minimum absolute atomic E-state index is 0.262. The van der Waals surface area contributed by atoms with Crippen molar-refractivity contribution < 1.29 is 4.74 Å². The summed E-state index contributed by atoms with van der Waals surface area (Å²) in [5.41, 5.74) is 2.24. The van der Waals surface area contributed by atoms with E-state index < -0.39 is 0 Å². The fourth-order valence-corrected chi connectivity index (χ4v) is 3.31. The van der Waals surface area contributed by atoms with Crippen molar-refractivity contribution in [2.75, 3.05) is 18.5 Å². The highest BCUT2D eigenvalue weighted by Gasteiger charge is 2.21. The fraction of sp³-hybridized carbons (Fsp3) is 0.316. The number of thiocarbonyl (C=S) groups is 1. The lowest BCUT2D eigenvalue weighted by Crippen LogP contribution is -2.39. The Morgan fingerprint density at radius 3 is 2.58 bits per heavy atom. The summed E-state index contributed by atoms with van der Waals surface area (Å²) in [6.45, 7) is 2.46. The van der Waals surface area contributed by atoms with Crippen LogP contribution in [0.1, 0.15) is 18.4 Å². The second kappa shape index (κ2) is 8.60. The van der Waals surface area contributed by atoms with Crippen molar-refractivity contribution in [1.82, 2.24) is 4.90 Å². The smallest absolute Gasteiger partial charge is 0.173 e. The van der Waals surface area contributed by atoms with Crippen LogP contribution < -0.4 is 5.32 Å². The Balaban J connectivity index is 1.69. The van der Waals surface area contributed by atoms with Crippen molar-refractivity contribution in [2.24, 2.45) is 0 Å². The molecule has 1 atom stereocenters. The topological polar surface area (TPSA) is 24.5 Å². The number of hydrogen-bond donors (Lipinski definition) is 1. The third-order valence-corrected chi connectivity index (χ3v) is 4.94. The van der Waals surface area contributed by atoms with Crippen LogP contribution in [0.25, 0.3) is 0 Å². The van der Waals surface area contributed by atoms with E-state index in [1.54, 1.807) is 0 Å². The second-order valence-corrected chi connectivity index (χ2v) is 7.24. The molecule has 5 heteroatoms. The van der Waals surface area contributed by atoms with Gasteiger partial charge in [0.1, 0.15) is 0 Å². The van der Waals surface area contributed by atoms with E-state index in [0.717, 1.165) is 47.8 Å². The summed E-state index contributed by atoms with van der Waals surface area (Å²) >= 11 is 9.13. The van der Waals surface area contributed by atoms with Gasteiger partial charge in [-0.2, -0.15) is 0 Å². The van der Waals surface area contributed by atoms with Gasteiger partial charge < -0.3 is 15.0 Å². The maximum atomic E-state index is 5.80. The molecule has 1 fully saturated rings. The van der Waals surface area contributed by atoms with Gasteiger partial charge in [-0.3, -0.25) is 0 Å². The summed E-state index contributed by atoms with van der Waals surface area (Å²) in [5.74, 6) is 0. The Morgan fingerprint density at radius 2 is 1.92 bits per heavy atom. The molecule has 24 heavy (non-hydrogen) atoms. The Morgan fingerprint density at radius 1 is 1.17 bits per heavy atom. The van der Waals surface area contributed by atoms with Gasteiger partial charge in [-0.1, -0.05) is 46.3 Å². The minimum Gasteiger partial charge on any atom is -0.376 e. The molecule has 0 bridgehead atoms. The molecule has 0 aliphatic carbocycles. The molecule has 0 radical (unpaired) electrons. The molecule has 3 rings (SSSR count). The van der Waals surface area contributed by atoms with Gasteiger partial charge in [-0.15, -0.1) is 0 Å². The number of rotatable bonds is 5. The zero-order valence-electron chi connectivity index (χ0n) is 13.5. The van der Waals surface area contributed by atoms with Crippen molar-refractivity contribution in [2.45, 2.75) is 25.5 Å². The quantitative estimate of drug-likeness (QED) is 0.721. The molecule has 1 heterocycles. The molecule has 0 amide bonds. The monoisotopic (exact) mass is 404 g/mol. The SMILES string of the molecule is S=C(Nc1ccc(Br)cc1)N(Cc1ccccc1)CC1CCCO1. The first-order valence-electron chi connectivity index (χ1n) is 8.18. The van der Waals surface area contributed by atoms with Gasteiger partial charge in [0.25, 0.3) is 0 Å². The largest absolute Gasteiger partial charge is 0.376 e. The molecule has 1 saturated heterocycles. The average molecular weight is 405 g/mol. The van der Waals surface area contributed by atoms with E-state index in [4.69, 9.17) is 17.0 Å². The molecule has 2 aromatic rings. The number of ether oxygens (including phenoxy) is 1. The Kier molecular flexibility index (Phi) is 6.24. The summed E-state index contributed by atoms with van der Waals surface area (Å²) in [5, 5.41) is 4.08. The summed E-state index contributed by atoms with van der Waals surface area (Å²) in [7, 11) is 0. The van der Waals surface area contributed by atoms with Crippen molar-refractivity contribution in [3.05, 3.63) is 64.6 Å². The van der Waals surface area contributed by atoms with Crippen LogP contribution in [0, 0.1) is 0 Å². The van der Waals surface area contributed by atoms with Crippen molar-refractivity contribution in [1.29, 1.82) is 0 Å². The predicted octanol–water partition coefficient (Wildman–Crippen LogP) is 4.83. The lowest BCUT2D eigenvalue weighted by molar-refractivity contribution is 0.0905. The first kappa shape index (κ1) is 17.4. The maximum Gasteiger partial charge on any atom is 0.173 e. The summed E-state index contributed by atoms with van der Waals surface area (Å²) in [6.07, 6.45) is 2.50. The highest BCUT2D eigenvalue weighted by molar-refractivity contribution is 9.10. The highest BCUT2D eigenvalue weighted by Crippen LogP contribution is 2.18. The van der Waals surface area contributed by atoms with Crippen LogP contribution >= 0.6 is 28.1 Å². The van der Waals surface area contributed by atoms with Crippen LogP contribution in [0.15, 0.2) is 59.1 Å². The lowest BCUT2D eigenvalue weighted by Gasteiger charge is -2.28. The van der Waals surface area contributed by atoms with Crippen LogP contribution in [-0.4, -0.2) is 29.3 Å². The molecule has 3 nitrogen and oxygen atoms in total. The second-order valence-electron chi connectivity index (χ2n) is 5.94. The maximum absolute atomic E-state index is 5.80. The Hall–Kier alpha value is -1.43. The van der Waals surface area contributed by atoms with Gasteiger partial charge in [-0.25, -0.2) is 0 Å². The third kappa shape index (κ3) is 5.03. The minimum atomic E-state index is 0.262. The van der Waals surface area contributed by atoms with Gasteiger partial charge in [0.05, 0.1) is 6.10 Å². The predicted molar refractivity (Wildman–Crippen MR) is 106 cm³/mol. The van der Waals surface area contributed by atoms with E-state index in [1.807, 2.05) is 30.3 Å². The number of benzene rings is 2. The van der Waals surface area contributed by atoms with Gasteiger partial charge in [0.15, 0.2) is 5.11 Å². The third-order valence-electron chi connectivity index (χ3n) is 4.05. The molecule has 1 aliphatic heterocycles. The van der Waals surface area contributed by atoms with Crippen molar-refractivity contribution >= 4 is 38.9 Å². The number of anilines is 1. The van der Waals surface area contributed by atoms with Crippen molar-refractivity contribution in [3.8, 4) is 0 Å². The van der Waals surface area contributed by atoms with Gasteiger partial charge in [-0.05, 0) is 54.9 Å². The van der Waals surface area contributed by atoms with Gasteiger partial charge in [0, 0.05) is 29.9 Å². The standard InChI is InChI=1S/C19H21BrN2OS/c20-16-8-10-17(11-9-16)21-19(24)22(14-18-7-4-12-23-18)13-15-5-2-1-3-6-15/h1-3,5-6,8-11,18H,4,7,12-14H2,(H,21,24). The van der Waals surface area contributed by atoms with Crippen LogP contribution in [0.2, 0.25) is 0 Å². The first-order chi connectivity index (χ1) is 11.7. The normalized spacial score (nSPS) is 16.8.